The average molecular weight is 694 g/mol. The van der Waals surface area contributed by atoms with Gasteiger partial charge < -0.3 is 9.84 Å². The van der Waals surface area contributed by atoms with E-state index in [1.54, 1.807) is 19.1 Å². The Balaban J connectivity index is 1.39. The van der Waals surface area contributed by atoms with Crippen molar-refractivity contribution in [1.29, 1.82) is 0 Å². The molecule has 6 atom stereocenters. The number of hydrogen-bond donors (Lipinski definition) is 1. The minimum Gasteiger partial charge on any atom is -0.504 e. The molecule has 2 heterocycles. The summed E-state index contributed by atoms with van der Waals surface area (Å²) in [6.07, 6.45) is 1.47. The predicted octanol–water partition coefficient (Wildman–Crippen LogP) is 5.61. The van der Waals surface area contributed by atoms with Crippen molar-refractivity contribution in [3.05, 3.63) is 99.9 Å². The summed E-state index contributed by atoms with van der Waals surface area (Å²) in [5.74, 6) is -7.83. The number of fused-ring (bicyclic) bond motifs is 4. The number of nitro benzene ring substituents is 1. The molecule has 0 spiro atoms. The van der Waals surface area contributed by atoms with E-state index in [0.29, 0.717) is 5.57 Å². The summed E-state index contributed by atoms with van der Waals surface area (Å²) < 4.78 is 19.5. The Labute approximate surface area is 282 Å². The topological polar surface area (TPSA) is 147 Å². The molecule has 11 nitrogen and oxygen atoms in total. The molecule has 2 saturated heterocycles. The van der Waals surface area contributed by atoms with Gasteiger partial charge in [0.15, 0.2) is 21.2 Å². The Bertz CT molecular complexity index is 1950. The van der Waals surface area contributed by atoms with Crippen LogP contribution in [0.4, 0.5) is 21.5 Å². The van der Waals surface area contributed by atoms with E-state index in [9.17, 15) is 38.8 Å². The van der Waals surface area contributed by atoms with Crippen LogP contribution in [0.25, 0.3) is 0 Å². The van der Waals surface area contributed by atoms with Crippen LogP contribution in [0.5, 0.6) is 11.5 Å². The number of rotatable bonds is 6. The highest BCUT2D eigenvalue weighted by atomic mass is 35.5. The molecule has 14 heteroatoms. The number of carbonyl (C=O) groups is 4. The van der Waals surface area contributed by atoms with E-state index in [-0.39, 0.29) is 53.6 Å². The first-order valence-corrected chi connectivity index (χ1v) is 15.9. The standard InChI is InChI=1S/C34H26Cl2FN3O8/c1-2-48-25-5-3-4-23(28(25)41)27-21-14-15-22-26(30(43)38(29(22)42)18-10-12-20(13-11-18)40(46)47)24(21)16-33(35)31(44)39(32(45)34(27,33)36)19-8-6-17(37)7-9-19/h3-14,22,24,26-27,41H,2,15-16H2,1H3/t22-,24+,26-,27+,33+,34-/m0/s1. The van der Waals surface area contributed by atoms with E-state index < -0.39 is 67.8 Å². The smallest absolute Gasteiger partial charge is 0.269 e. The van der Waals surface area contributed by atoms with Crippen molar-refractivity contribution in [3.8, 4) is 11.5 Å². The molecule has 2 aliphatic carbocycles. The maximum atomic E-state index is 14.5. The normalized spacial score (nSPS) is 29.4. The number of amides is 4. The number of phenolic OH excluding ortho intramolecular Hbond substituents is 1. The number of anilines is 2. The number of nitrogens with zero attached hydrogens (tertiary/aromatic N) is 3. The van der Waals surface area contributed by atoms with Crippen molar-refractivity contribution in [2.24, 2.45) is 17.8 Å². The van der Waals surface area contributed by atoms with Gasteiger partial charge >= 0.3 is 0 Å². The molecule has 4 amide bonds. The zero-order valence-corrected chi connectivity index (χ0v) is 26.7. The first kappa shape index (κ1) is 31.8. The summed E-state index contributed by atoms with van der Waals surface area (Å²) in [5.41, 5.74) is 0.517. The highest BCUT2D eigenvalue weighted by molar-refractivity contribution is 6.58. The summed E-state index contributed by atoms with van der Waals surface area (Å²) in [5, 5.41) is 22.7. The van der Waals surface area contributed by atoms with Crippen molar-refractivity contribution in [1.82, 2.24) is 0 Å². The van der Waals surface area contributed by atoms with Gasteiger partial charge in [0.2, 0.25) is 11.8 Å². The first-order chi connectivity index (χ1) is 22.8. The second-order valence-electron chi connectivity index (χ2n) is 12.2. The van der Waals surface area contributed by atoms with Crippen molar-refractivity contribution in [2.75, 3.05) is 16.4 Å². The molecule has 3 aromatic rings. The number of hydrogen-bond acceptors (Lipinski definition) is 8. The van der Waals surface area contributed by atoms with Gasteiger partial charge in [0.25, 0.3) is 17.5 Å². The van der Waals surface area contributed by atoms with Gasteiger partial charge in [-0.25, -0.2) is 9.29 Å². The van der Waals surface area contributed by atoms with Gasteiger partial charge in [-0.15, -0.1) is 23.2 Å². The van der Waals surface area contributed by atoms with Gasteiger partial charge in [0.05, 0.1) is 34.7 Å². The van der Waals surface area contributed by atoms with Gasteiger partial charge in [0.1, 0.15) is 5.82 Å². The number of halogens is 3. The third kappa shape index (κ3) is 4.25. The molecule has 246 valence electrons. The molecule has 4 aliphatic rings. The zero-order valence-electron chi connectivity index (χ0n) is 25.1. The summed E-state index contributed by atoms with van der Waals surface area (Å²) >= 11 is 14.7. The zero-order chi connectivity index (χ0) is 34.3. The van der Waals surface area contributed by atoms with E-state index in [4.69, 9.17) is 27.9 Å². The quantitative estimate of drug-likeness (QED) is 0.115. The molecule has 1 saturated carbocycles. The highest BCUT2D eigenvalue weighted by Gasteiger charge is 2.77. The lowest BCUT2D eigenvalue weighted by molar-refractivity contribution is -0.384. The van der Waals surface area contributed by atoms with Crippen LogP contribution in [0.15, 0.2) is 78.4 Å². The van der Waals surface area contributed by atoms with Crippen LogP contribution in [-0.2, 0) is 19.2 Å². The number of allylic oxidation sites excluding steroid dienone is 2. The number of aromatic hydroxyl groups is 1. The molecule has 0 radical (unpaired) electrons. The Morgan fingerprint density at radius 2 is 1.58 bits per heavy atom. The fourth-order valence-electron chi connectivity index (χ4n) is 7.77. The number of alkyl halides is 2. The molecule has 0 bridgehead atoms. The minimum atomic E-state index is -2.23. The van der Waals surface area contributed by atoms with Crippen molar-refractivity contribution < 1.29 is 38.3 Å². The van der Waals surface area contributed by atoms with E-state index in [1.807, 2.05) is 0 Å². The Kier molecular flexibility index (Phi) is 7.37. The molecule has 3 fully saturated rings. The molecule has 0 aromatic heterocycles. The van der Waals surface area contributed by atoms with Crippen molar-refractivity contribution in [2.45, 2.75) is 35.4 Å². The van der Waals surface area contributed by atoms with Crippen LogP contribution in [0.3, 0.4) is 0 Å². The largest absolute Gasteiger partial charge is 0.504 e. The van der Waals surface area contributed by atoms with Gasteiger partial charge in [-0.2, -0.15) is 0 Å². The molecule has 7 rings (SSSR count). The number of nitro groups is 1. The summed E-state index contributed by atoms with van der Waals surface area (Å²) in [4.78, 5) is 64.8. The highest BCUT2D eigenvalue weighted by Crippen LogP contribution is 2.66. The fraction of sp³-hybridized carbons (Fsp3) is 0.294. The SMILES string of the molecule is CCOc1cccc([C@H]2C3=CC[C@@H]4C(=O)N(c5ccc([N+](=O)[O-])cc5)C(=O)[C@@H]4[C@@H]3C[C@@]3(Cl)C(=O)N(c4ccc(F)cc4)C(=O)[C@@]23Cl)c1O. The lowest BCUT2D eigenvalue weighted by atomic mass is 9.56. The molecular formula is C34H26Cl2FN3O8. The predicted molar refractivity (Wildman–Crippen MR) is 171 cm³/mol. The van der Waals surface area contributed by atoms with Crippen LogP contribution in [0.2, 0.25) is 0 Å². The lowest BCUT2D eigenvalue weighted by Gasteiger charge is -2.50. The van der Waals surface area contributed by atoms with E-state index in [0.717, 1.165) is 21.9 Å². The molecule has 0 unspecified atom stereocenters. The third-order valence-electron chi connectivity index (χ3n) is 9.86. The number of carbonyl (C=O) groups excluding carboxylic acids is 4. The number of para-hydroxylation sites is 1. The van der Waals surface area contributed by atoms with Gasteiger partial charge in [0, 0.05) is 23.6 Å². The second-order valence-corrected chi connectivity index (χ2v) is 13.4. The van der Waals surface area contributed by atoms with Crippen LogP contribution in [0, 0.1) is 33.7 Å². The van der Waals surface area contributed by atoms with E-state index in [1.165, 1.54) is 48.5 Å². The molecule has 2 aliphatic heterocycles. The lowest BCUT2D eigenvalue weighted by Crippen LogP contribution is -2.60. The Hall–Kier alpha value is -4.81. The summed E-state index contributed by atoms with van der Waals surface area (Å²) in [6, 6.07) is 14.3. The number of benzene rings is 3. The molecule has 1 N–H and O–H groups in total. The molecular weight excluding hydrogens is 668 g/mol. The maximum absolute atomic E-state index is 14.5. The van der Waals surface area contributed by atoms with Crippen LogP contribution >= 0.6 is 23.2 Å². The number of imide groups is 2. The summed E-state index contributed by atoms with van der Waals surface area (Å²) in [7, 11) is 0. The second kappa shape index (κ2) is 11.1. The first-order valence-electron chi connectivity index (χ1n) is 15.1. The third-order valence-corrected chi connectivity index (χ3v) is 11.3. The van der Waals surface area contributed by atoms with Gasteiger partial charge in [-0.3, -0.25) is 34.2 Å². The van der Waals surface area contributed by atoms with Crippen LogP contribution in [-0.4, -0.2) is 50.0 Å². The Morgan fingerprint density at radius 1 is 0.938 bits per heavy atom. The van der Waals surface area contributed by atoms with Gasteiger partial charge in [-0.1, -0.05) is 23.8 Å². The number of non-ortho nitro benzene ring substituents is 1. The molecule has 48 heavy (non-hydrogen) atoms. The fourth-order valence-corrected chi connectivity index (χ4v) is 8.69. The van der Waals surface area contributed by atoms with Crippen molar-refractivity contribution in [3.63, 3.8) is 0 Å². The maximum Gasteiger partial charge on any atom is 0.269 e. The van der Waals surface area contributed by atoms with Crippen LogP contribution < -0.4 is 14.5 Å². The Morgan fingerprint density at radius 3 is 2.23 bits per heavy atom. The number of ether oxygens (including phenoxy) is 1. The molecule has 3 aromatic carbocycles. The summed E-state index contributed by atoms with van der Waals surface area (Å²) in [6.45, 7) is 1.92. The van der Waals surface area contributed by atoms with E-state index in [2.05, 4.69) is 0 Å². The van der Waals surface area contributed by atoms with Gasteiger partial charge in [-0.05, 0) is 68.1 Å². The number of phenols is 1. The van der Waals surface area contributed by atoms with Crippen molar-refractivity contribution >= 4 is 63.9 Å². The van der Waals surface area contributed by atoms with Crippen LogP contribution in [0.1, 0.15) is 31.2 Å². The monoisotopic (exact) mass is 693 g/mol. The minimum absolute atomic E-state index is 0.0261. The van der Waals surface area contributed by atoms with E-state index >= 15 is 0 Å². The average Bonchev–Trinajstić information content (AvgIpc) is 3.40.